The van der Waals surface area contributed by atoms with Crippen LogP contribution >= 0.6 is 7.14 Å². The van der Waals surface area contributed by atoms with Crippen molar-refractivity contribution in [3.05, 3.63) is 193 Å². The van der Waals surface area contributed by atoms with Gasteiger partial charge in [0.15, 0.2) is 17.5 Å². The number of rotatable bonds is 8. The second-order valence-electron chi connectivity index (χ2n) is 17.5. The summed E-state index contributed by atoms with van der Waals surface area (Å²) in [6.45, 7) is 3.73. The Hall–Kier alpha value is -6.48. The number of nitrogens with zero attached hydrogens (tertiary/aromatic N) is 3. The predicted octanol–water partition coefficient (Wildman–Crippen LogP) is 13.9. The van der Waals surface area contributed by atoms with Gasteiger partial charge >= 0.3 is 0 Å². The van der Waals surface area contributed by atoms with E-state index in [2.05, 4.69) is 170 Å². The van der Waals surface area contributed by atoms with Crippen molar-refractivity contribution in [1.82, 2.24) is 15.0 Å². The van der Waals surface area contributed by atoms with E-state index in [1.807, 2.05) is 25.5 Å². The zero-order chi connectivity index (χ0) is 41.1. The van der Waals surface area contributed by atoms with Crippen molar-refractivity contribution >= 4 is 34.0 Å². The molecule has 0 aliphatic heterocycles. The van der Waals surface area contributed by atoms with E-state index in [0.29, 0.717) is 23.4 Å². The van der Waals surface area contributed by atoms with Crippen LogP contribution in [0.4, 0.5) is 0 Å². The smallest absolute Gasteiger partial charge is 0.164 e. The summed E-state index contributed by atoms with van der Waals surface area (Å²) in [6, 6.07) is 64.9. The molecular weight excluding hydrogens is 762 g/mol. The Labute approximate surface area is 357 Å². The first-order valence-corrected chi connectivity index (χ1v) is 24.1. The lowest BCUT2D eigenvalue weighted by Crippen LogP contribution is -2.34. The Morgan fingerprint density at radius 1 is 0.475 bits per heavy atom. The average Bonchev–Trinajstić information content (AvgIpc) is 3.94. The highest BCUT2D eigenvalue weighted by molar-refractivity contribution is 7.70. The van der Waals surface area contributed by atoms with Crippen LogP contribution in [0.3, 0.4) is 0 Å². The van der Waals surface area contributed by atoms with E-state index in [1.54, 1.807) is 0 Å². The lowest BCUT2D eigenvalue weighted by Gasteiger charge is -2.39. The lowest BCUT2D eigenvalue weighted by atomic mass is 9.64. The van der Waals surface area contributed by atoms with E-state index in [9.17, 15) is 4.57 Å². The molecule has 0 N–H and O–H groups in total. The maximum absolute atomic E-state index is 13.2. The molecule has 1 heterocycles. The second-order valence-corrected chi connectivity index (χ2v) is 20.7. The molecule has 0 saturated heterocycles. The fourth-order valence-corrected chi connectivity index (χ4v) is 11.9. The van der Waals surface area contributed by atoms with Gasteiger partial charge in [0.2, 0.25) is 0 Å². The highest BCUT2D eigenvalue weighted by Crippen LogP contribution is 2.60. The summed E-state index contributed by atoms with van der Waals surface area (Å²) < 4.78 is 13.2. The molecule has 4 nitrogen and oxygen atoms in total. The third-order valence-electron chi connectivity index (χ3n) is 13.6. The molecule has 2 fully saturated rings. The number of fused-ring (bicyclic) bond motifs is 4. The molecule has 0 amide bonds. The van der Waals surface area contributed by atoms with Crippen molar-refractivity contribution < 1.29 is 4.57 Å². The molecule has 3 atom stereocenters. The molecular formula is C56H46N3OP. The molecule has 11 rings (SSSR count). The number of benzene rings is 8. The van der Waals surface area contributed by atoms with Gasteiger partial charge < -0.3 is 4.57 Å². The zero-order valence-electron chi connectivity index (χ0n) is 34.5. The van der Waals surface area contributed by atoms with Gasteiger partial charge in [-0.2, -0.15) is 0 Å². The third-order valence-corrected chi connectivity index (χ3v) is 15.1. The van der Waals surface area contributed by atoms with Crippen LogP contribution in [0, 0.1) is 11.8 Å². The van der Waals surface area contributed by atoms with Crippen molar-refractivity contribution in [3.63, 3.8) is 0 Å². The summed E-state index contributed by atoms with van der Waals surface area (Å²) in [5, 5.41) is 5.44. The quantitative estimate of drug-likeness (QED) is 0.144. The highest BCUT2D eigenvalue weighted by Gasteiger charge is 2.52. The monoisotopic (exact) mass is 807 g/mol. The van der Waals surface area contributed by atoms with Gasteiger partial charge in [-0.05, 0) is 105 Å². The largest absolute Gasteiger partial charge is 0.319 e. The van der Waals surface area contributed by atoms with Crippen LogP contribution in [-0.2, 0) is 9.98 Å². The minimum Gasteiger partial charge on any atom is -0.319 e. The zero-order valence-corrected chi connectivity index (χ0v) is 35.4. The highest BCUT2D eigenvalue weighted by atomic mass is 31.2. The maximum Gasteiger partial charge on any atom is 0.164 e. The Kier molecular flexibility index (Phi) is 9.17. The summed E-state index contributed by atoms with van der Waals surface area (Å²) in [5.74, 6) is 3.31. The van der Waals surface area contributed by atoms with E-state index in [1.165, 1.54) is 41.5 Å². The number of aromatic nitrogens is 3. The lowest BCUT2D eigenvalue weighted by molar-refractivity contribution is 0.320. The van der Waals surface area contributed by atoms with Crippen molar-refractivity contribution in [1.29, 1.82) is 0 Å². The van der Waals surface area contributed by atoms with Crippen LogP contribution < -0.4 is 5.30 Å². The molecule has 2 aliphatic carbocycles. The van der Waals surface area contributed by atoms with E-state index in [4.69, 9.17) is 15.0 Å². The molecule has 0 radical (unpaired) electrons. The van der Waals surface area contributed by atoms with Crippen LogP contribution in [0.25, 0.3) is 78.0 Å². The molecule has 1 aromatic heterocycles. The van der Waals surface area contributed by atoms with E-state index >= 15 is 0 Å². The van der Waals surface area contributed by atoms with Gasteiger partial charge in [-0.3, -0.25) is 0 Å². The molecule has 2 aliphatic rings. The van der Waals surface area contributed by atoms with Crippen molar-refractivity contribution in [3.8, 4) is 56.4 Å². The van der Waals surface area contributed by atoms with Gasteiger partial charge in [0.05, 0.1) is 0 Å². The van der Waals surface area contributed by atoms with Crippen LogP contribution in [0.1, 0.15) is 36.8 Å². The molecule has 3 unspecified atom stereocenters. The summed E-state index contributed by atoms with van der Waals surface area (Å²) in [4.78, 5) is 15.6. The Morgan fingerprint density at radius 3 is 1.77 bits per heavy atom. The normalized spacial score (nSPS) is 18.5. The summed E-state index contributed by atoms with van der Waals surface area (Å²) in [6.07, 6.45) is 5.00. The fraction of sp³-hybridized carbons (Fsp3) is 0.161. The summed E-state index contributed by atoms with van der Waals surface area (Å²) in [5.41, 5.74) is 10.3. The van der Waals surface area contributed by atoms with Crippen LogP contribution in [0.5, 0.6) is 0 Å². The minimum atomic E-state index is -2.44. The van der Waals surface area contributed by atoms with Crippen molar-refractivity contribution in [2.45, 2.75) is 31.1 Å². The molecule has 5 heteroatoms. The van der Waals surface area contributed by atoms with Gasteiger partial charge in [-0.1, -0.05) is 182 Å². The van der Waals surface area contributed by atoms with Gasteiger partial charge in [0, 0.05) is 27.4 Å². The fourth-order valence-electron chi connectivity index (χ4n) is 10.7. The molecule has 61 heavy (non-hydrogen) atoms. The Bertz CT molecular complexity index is 3150. The number of hydrogen-bond donors (Lipinski definition) is 0. The molecule has 2 saturated carbocycles. The maximum atomic E-state index is 13.2. The number of hydrogen-bond acceptors (Lipinski definition) is 4. The second kappa shape index (κ2) is 14.9. The van der Waals surface area contributed by atoms with E-state index in [-0.39, 0.29) is 5.41 Å². The van der Waals surface area contributed by atoms with Gasteiger partial charge in [-0.15, -0.1) is 0 Å². The van der Waals surface area contributed by atoms with Gasteiger partial charge in [-0.25, -0.2) is 15.0 Å². The van der Waals surface area contributed by atoms with Crippen molar-refractivity contribution in [2.75, 3.05) is 13.3 Å². The van der Waals surface area contributed by atoms with Crippen LogP contribution in [0.2, 0.25) is 0 Å². The first kappa shape index (κ1) is 37.5. The minimum absolute atomic E-state index is 0.0563. The molecule has 8 aromatic carbocycles. The molecule has 0 spiro atoms. The molecule has 9 aromatic rings. The summed E-state index contributed by atoms with van der Waals surface area (Å²) in [7, 11) is -2.44. The first-order chi connectivity index (χ1) is 29.8. The van der Waals surface area contributed by atoms with E-state index in [0.717, 1.165) is 67.0 Å². The van der Waals surface area contributed by atoms with Crippen molar-refractivity contribution in [2.24, 2.45) is 11.8 Å². The molecule has 2 bridgehead atoms. The van der Waals surface area contributed by atoms with Gasteiger partial charge in [0.25, 0.3) is 0 Å². The predicted molar refractivity (Wildman–Crippen MR) is 254 cm³/mol. The van der Waals surface area contributed by atoms with Crippen LogP contribution in [0.15, 0.2) is 182 Å². The Morgan fingerprint density at radius 2 is 1.07 bits per heavy atom. The summed E-state index contributed by atoms with van der Waals surface area (Å²) >= 11 is 0. The first-order valence-electron chi connectivity index (χ1n) is 21.5. The third kappa shape index (κ3) is 6.62. The average molecular weight is 808 g/mol. The SMILES string of the molecule is CP(C)(=O)c1ccc(-c2ccc(C3(c4ccc(-c5nc(-c6cccc(-c7ccccc7)c6)nc(-c6cccc7ccccc67)n5)cc4)CC4CCC3C4)cc2)c2ccccc12. The standard InChI is InChI=1S/C56H46N3OP/c1-61(2,60)52-33-32-48(49-19-8-9-20-50(49)52)40-23-28-44(29-24-40)56(36-37-22-27-46(56)34-37)45-30-25-41(26-31-45)53-57-54(43-17-10-16-42(35-43)38-12-4-3-5-13-38)59-55(58-53)51-21-11-15-39-14-6-7-18-47(39)51/h3-21,23-26,28-33,35,37,46H,22,27,34,36H2,1-2H3. The Balaban J connectivity index is 0.993. The molecule has 296 valence electrons. The van der Waals surface area contributed by atoms with Gasteiger partial charge in [0.1, 0.15) is 7.14 Å². The topological polar surface area (TPSA) is 55.7 Å². The van der Waals surface area contributed by atoms with Crippen LogP contribution in [-0.4, -0.2) is 28.3 Å². The van der Waals surface area contributed by atoms with E-state index < -0.39 is 7.14 Å².